The van der Waals surface area contributed by atoms with Crippen molar-refractivity contribution in [1.82, 2.24) is 25.1 Å². The highest BCUT2D eigenvalue weighted by atomic mass is 16.5. The third-order valence-corrected chi connectivity index (χ3v) is 4.43. The molecular weight excluding hydrogens is 320 g/mol. The Morgan fingerprint density at radius 3 is 2.52 bits per heavy atom. The van der Waals surface area contributed by atoms with Crippen LogP contribution in [0.25, 0.3) is 5.69 Å². The van der Waals surface area contributed by atoms with Gasteiger partial charge in [0, 0.05) is 18.8 Å². The fourth-order valence-electron chi connectivity index (χ4n) is 3.04. The average Bonchev–Trinajstić information content (AvgIpc) is 3.00. The van der Waals surface area contributed by atoms with Gasteiger partial charge in [-0.25, -0.2) is 4.79 Å². The molecule has 0 saturated carbocycles. The highest BCUT2D eigenvalue weighted by Crippen LogP contribution is 2.26. The standard InChI is InChI=1S/C17H24N6O2/c1-13-19-20-21-23(13)15-12-14(8-9-16(15)25-2)18-17(24)22-10-6-4-3-5-7-11-22/h8-9,12H,3-7,10-11H2,1-2H3,(H,18,24). The van der Waals surface area contributed by atoms with E-state index in [2.05, 4.69) is 20.8 Å². The summed E-state index contributed by atoms with van der Waals surface area (Å²) in [6, 6.07) is 5.39. The van der Waals surface area contributed by atoms with Crippen LogP contribution < -0.4 is 10.1 Å². The Morgan fingerprint density at radius 2 is 1.88 bits per heavy atom. The first-order chi connectivity index (χ1) is 12.2. The molecule has 0 radical (unpaired) electrons. The number of anilines is 1. The van der Waals surface area contributed by atoms with E-state index in [9.17, 15) is 4.79 Å². The number of carbonyl (C=O) groups excluding carboxylic acids is 1. The lowest BCUT2D eigenvalue weighted by Crippen LogP contribution is -2.37. The van der Waals surface area contributed by atoms with E-state index in [-0.39, 0.29) is 6.03 Å². The average molecular weight is 344 g/mol. The predicted octanol–water partition coefficient (Wildman–Crippen LogP) is 2.78. The zero-order chi connectivity index (χ0) is 17.6. The Bertz CT molecular complexity index is 722. The van der Waals surface area contributed by atoms with Gasteiger partial charge in [0.2, 0.25) is 0 Å². The van der Waals surface area contributed by atoms with E-state index in [1.54, 1.807) is 17.9 Å². The number of hydrogen-bond donors (Lipinski definition) is 1. The number of methoxy groups -OCH3 is 1. The molecule has 2 amide bonds. The van der Waals surface area contributed by atoms with E-state index < -0.39 is 0 Å². The summed E-state index contributed by atoms with van der Waals surface area (Å²) in [4.78, 5) is 14.5. The number of amides is 2. The monoisotopic (exact) mass is 344 g/mol. The zero-order valence-electron chi connectivity index (χ0n) is 14.7. The van der Waals surface area contributed by atoms with Gasteiger partial charge in [-0.2, -0.15) is 4.68 Å². The van der Waals surface area contributed by atoms with E-state index in [1.165, 1.54) is 19.3 Å². The number of aromatic nitrogens is 4. The van der Waals surface area contributed by atoms with Gasteiger partial charge < -0.3 is 15.0 Å². The molecule has 1 aromatic heterocycles. The molecule has 1 N–H and O–H groups in total. The maximum Gasteiger partial charge on any atom is 0.321 e. The Morgan fingerprint density at radius 1 is 1.16 bits per heavy atom. The van der Waals surface area contributed by atoms with Gasteiger partial charge in [0.25, 0.3) is 0 Å². The van der Waals surface area contributed by atoms with E-state index in [1.807, 2.05) is 24.0 Å². The van der Waals surface area contributed by atoms with Gasteiger partial charge in [-0.15, -0.1) is 5.10 Å². The number of nitrogens with zero attached hydrogens (tertiary/aromatic N) is 5. The van der Waals surface area contributed by atoms with Crippen LogP contribution in [0.2, 0.25) is 0 Å². The molecule has 1 aromatic carbocycles. The van der Waals surface area contributed by atoms with Crippen molar-refractivity contribution in [2.45, 2.75) is 39.0 Å². The molecule has 3 rings (SSSR count). The van der Waals surface area contributed by atoms with E-state index >= 15 is 0 Å². The van der Waals surface area contributed by atoms with Crippen LogP contribution >= 0.6 is 0 Å². The molecule has 8 heteroatoms. The van der Waals surface area contributed by atoms with E-state index in [4.69, 9.17) is 4.74 Å². The second-order valence-electron chi connectivity index (χ2n) is 6.21. The molecule has 0 atom stereocenters. The third kappa shape index (κ3) is 4.07. The fourth-order valence-corrected chi connectivity index (χ4v) is 3.04. The van der Waals surface area contributed by atoms with Gasteiger partial charge in [0.15, 0.2) is 5.82 Å². The molecule has 1 aliphatic heterocycles. The lowest BCUT2D eigenvalue weighted by Gasteiger charge is -2.25. The molecule has 134 valence electrons. The van der Waals surface area contributed by atoms with Gasteiger partial charge in [-0.05, 0) is 48.4 Å². The van der Waals surface area contributed by atoms with Crippen LogP contribution in [0.5, 0.6) is 5.75 Å². The number of urea groups is 1. The summed E-state index contributed by atoms with van der Waals surface area (Å²) in [5, 5.41) is 14.5. The number of nitrogens with one attached hydrogen (secondary N) is 1. The van der Waals surface area contributed by atoms with Crippen molar-refractivity contribution < 1.29 is 9.53 Å². The second kappa shape index (κ2) is 7.96. The molecule has 0 bridgehead atoms. The van der Waals surface area contributed by atoms with Crippen molar-refractivity contribution in [3.63, 3.8) is 0 Å². The van der Waals surface area contributed by atoms with Gasteiger partial charge in [-0.1, -0.05) is 19.3 Å². The number of likely N-dealkylation sites (tertiary alicyclic amines) is 1. The Hall–Kier alpha value is -2.64. The topological polar surface area (TPSA) is 85.2 Å². The SMILES string of the molecule is COc1ccc(NC(=O)N2CCCCCCC2)cc1-n1nnnc1C. The highest BCUT2D eigenvalue weighted by Gasteiger charge is 2.16. The first-order valence-corrected chi connectivity index (χ1v) is 8.68. The summed E-state index contributed by atoms with van der Waals surface area (Å²) in [6.45, 7) is 3.42. The molecule has 2 heterocycles. The Balaban J connectivity index is 1.78. The number of carbonyl (C=O) groups is 1. The summed E-state index contributed by atoms with van der Waals surface area (Å²) in [7, 11) is 1.59. The van der Waals surface area contributed by atoms with Crippen LogP contribution in [0.15, 0.2) is 18.2 Å². The van der Waals surface area contributed by atoms with Crippen LogP contribution in [-0.4, -0.2) is 51.3 Å². The number of rotatable bonds is 3. The number of ether oxygens (including phenoxy) is 1. The van der Waals surface area contributed by atoms with Crippen LogP contribution in [0.4, 0.5) is 10.5 Å². The lowest BCUT2D eigenvalue weighted by atomic mass is 10.1. The van der Waals surface area contributed by atoms with Crippen molar-refractivity contribution in [2.75, 3.05) is 25.5 Å². The molecule has 0 aliphatic carbocycles. The first kappa shape index (κ1) is 17.2. The number of aryl methyl sites for hydroxylation is 1. The highest BCUT2D eigenvalue weighted by molar-refractivity contribution is 5.89. The quantitative estimate of drug-likeness (QED) is 0.925. The van der Waals surface area contributed by atoms with Crippen LogP contribution in [0.1, 0.15) is 37.9 Å². The summed E-state index contributed by atoms with van der Waals surface area (Å²) < 4.78 is 6.98. The van der Waals surface area contributed by atoms with Crippen LogP contribution in [-0.2, 0) is 0 Å². The minimum absolute atomic E-state index is 0.0635. The Kier molecular flexibility index (Phi) is 5.47. The van der Waals surface area contributed by atoms with Crippen molar-refractivity contribution in [2.24, 2.45) is 0 Å². The van der Waals surface area contributed by atoms with Gasteiger partial charge >= 0.3 is 6.03 Å². The molecule has 1 saturated heterocycles. The minimum atomic E-state index is -0.0635. The molecular formula is C17H24N6O2. The second-order valence-corrected chi connectivity index (χ2v) is 6.21. The van der Waals surface area contributed by atoms with Crippen molar-refractivity contribution >= 4 is 11.7 Å². The van der Waals surface area contributed by atoms with Crippen LogP contribution in [0, 0.1) is 6.92 Å². The summed E-state index contributed by atoms with van der Waals surface area (Å²) in [5.41, 5.74) is 1.38. The summed E-state index contributed by atoms with van der Waals surface area (Å²) in [5.74, 6) is 1.28. The Labute approximate surface area is 147 Å². The number of benzene rings is 1. The number of tetrazole rings is 1. The maximum absolute atomic E-state index is 12.6. The molecule has 8 nitrogen and oxygen atoms in total. The van der Waals surface area contributed by atoms with Gasteiger partial charge in [0.05, 0.1) is 7.11 Å². The molecule has 1 fully saturated rings. The molecule has 1 aliphatic rings. The van der Waals surface area contributed by atoms with E-state index in [0.717, 1.165) is 25.9 Å². The number of hydrogen-bond acceptors (Lipinski definition) is 5. The minimum Gasteiger partial charge on any atom is -0.494 e. The summed E-state index contributed by atoms with van der Waals surface area (Å²) >= 11 is 0. The molecule has 0 unspecified atom stereocenters. The molecule has 2 aromatic rings. The van der Waals surface area contributed by atoms with E-state index in [0.29, 0.717) is 22.9 Å². The molecule has 25 heavy (non-hydrogen) atoms. The van der Waals surface area contributed by atoms with Gasteiger partial charge in [-0.3, -0.25) is 0 Å². The third-order valence-electron chi connectivity index (χ3n) is 4.43. The van der Waals surface area contributed by atoms with Crippen LogP contribution in [0.3, 0.4) is 0 Å². The normalized spacial score (nSPS) is 15.4. The maximum atomic E-state index is 12.6. The zero-order valence-corrected chi connectivity index (χ0v) is 14.7. The smallest absolute Gasteiger partial charge is 0.321 e. The van der Waals surface area contributed by atoms with Gasteiger partial charge in [0.1, 0.15) is 11.4 Å². The van der Waals surface area contributed by atoms with Crippen molar-refractivity contribution in [3.05, 3.63) is 24.0 Å². The van der Waals surface area contributed by atoms with Crippen molar-refractivity contribution in [1.29, 1.82) is 0 Å². The van der Waals surface area contributed by atoms with Crippen molar-refractivity contribution in [3.8, 4) is 11.4 Å². The largest absolute Gasteiger partial charge is 0.494 e. The first-order valence-electron chi connectivity index (χ1n) is 8.68. The lowest BCUT2D eigenvalue weighted by molar-refractivity contribution is 0.206. The molecule has 0 spiro atoms. The fraction of sp³-hybridized carbons (Fsp3) is 0.529. The summed E-state index contributed by atoms with van der Waals surface area (Å²) in [6.07, 6.45) is 5.77. The predicted molar refractivity (Wildman–Crippen MR) is 94.1 cm³/mol.